The van der Waals surface area contributed by atoms with Gasteiger partial charge in [-0.1, -0.05) is 54.6 Å². The number of aromatic nitrogens is 1. The normalized spacial score (nSPS) is 10.4. The van der Waals surface area contributed by atoms with E-state index in [2.05, 4.69) is 11.6 Å². The van der Waals surface area contributed by atoms with E-state index < -0.39 is 5.97 Å². The van der Waals surface area contributed by atoms with Gasteiger partial charge >= 0.3 is 5.97 Å². The van der Waals surface area contributed by atoms with Crippen molar-refractivity contribution in [3.63, 3.8) is 0 Å². The number of ether oxygens (including phenoxy) is 2. The van der Waals surface area contributed by atoms with Crippen molar-refractivity contribution >= 4 is 17.6 Å². The second-order valence-electron chi connectivity index (χ2n) is 5.91. The summed E-state index contributed by atoms with van der Waals surface area (Å²) in [5.41, 5.74) is 3.53. The first-order valence-electron chi connectivity index (χ1n) is 8.91. The molecule has 0 aliphatic rings. The van der Waals surface area contributed by atoms with Crippen LogP contribution in [0.1, 0.15) is 17.4 Å². The zero-order valence-corrected chi connectivity index (χ0v) is 16.3. The molecule has 0 aliphatic heterocycles. The van der Waals surface area contributed by atoms with Crippen molar-refractivity contribution < 1.29 is 14.3 Å². The fourth-order valence-electron chi connectivity index (χ4n) is 2.83. The Morgan fingerprint density at radius 2 is 1.86 bits per heavy atom. The standard InChI is InChI=1S/C23H20ClNO3/c1-3-14-28-22-13-12-16(24)15-19(22)17-8-5-6-9-18(17)20-10-7-11-21(25-20)23(26)27-4-2/h3,5-13,15H,1,4,14H2,2H3. The van der Waals surface area contributed by atoms with Crippen molar-refractivity contribution in [2.75, 3.05) is 13.2 Å². The molecule has 2 aromatic carbocycles. The van der Waals surface area contributed by atoms with Gasteiger partial charge in [-0.25, -0.2) is 9.78 Å². The molecule has 0 atom stereocenters. The van der Waals surface area contributed by atoms with Crippen LogP contribution in [-0.2, 0) is 4.74 Å². The molecule has 3 rings (SSSR count). The van der Waals surface area contributed by atoms with Crippen LogP contribution < -0.4 is 4.74 Å². The number of carbonyl (C=O) groups excluding carboxylic acids is 1. The van der Waals surface area contributed by atoms with Crippen molar-refractivity contribution in [3.05, 3.63) is 84.0 Å². The maximum atomic E-state index is 12.1. The first-order valence-corrected chi connectivity index (χ1v) is 9.29. The molecule has 0 N–H and O–H groups in total. The van der Waals surface area contributed by atoms with Crippen LogP contribution in [0.15, 0.2) is 73.3 Å². The first-order chi connectivity index (χ1) is 13.6. The highest BCUT2D eigenvalue weighted by atomic mass is 35.5. The molecule has 0 fully saturated rings. The number of pyridine rings is 1. The van der Waals surface area contributed by atoms with E-state index in [4.69, 9.17) is 21.1 Å². The van der Waals surface area contributed by atoms with E-state index in [1.165, 1.54) is 0 Å². The van der Waals surface area contributed by atoms with Gasteiger partial charge in [0.15, 0.2) is 0 Å². The Labute approximate surface area is 169 Å². The second kappa shape index (κ2) is 9.20. The van der Waals surface area contributed by atoms with Crippen molar-refractivity contribution in [2.24, 2.45) is 0 Å². The van der Waals surface area contributed by atoms with Gasteiger partial charge in [-0.15, -0.1) is 0 Å². The van der Waals surface area contributed by atoms with E-state index in [0.29, 0.717) is 29.7 Å². The van der Waals surface area contributed by atoms with Gasteiger partial charge in [0.1, 0.15) is 18.1 Å². The Balaban J connectivity index is 2.11. The van der Waals surface area contributed by atoms with Crippen LogP contribution >= 0.6 is 11.6 Å². The third kappa shape index (κ3) is 4.41. The maximum Gasteiger partial charge on any atom is 0.356 e. The van der Waals surface area contributed by atoms with Gasteiger partial charge in [0, 0.05) is 16.1 Å². The summed E-state index contributed by atoms with van der Waals surface area (Å²) in [5, 5.41) is 0.601. The molecule has 0 amide bonds. The van der Waals surface area contributed by atoms with Crippen molar-refractivity contribution in [1.29, 1.82) is 0 Å². The molecule has 0 saturated heterocycles. The summed E-state index contributed by atoms with van der Waals surface area (Å²) in [7, 11) is 0. The lowest BCUT2D eigenvalue weighted by Gasteiger charge is -2.15. The quantitative estimate of drug-likeness (QED) is 0.375. The molecule has 0 aliphatic carbocycles. The molecule has 4 nitrogen and oxygen atoms in total. The molecule has 0 bridgehead atoms. The number of hydrogen-bond donors (Lipinski definition) is 0. The lowest BCUT2D eigenvalue weighted by Crippen LogP contribution is -2.07. The van der Waals surface area contributed by atoms with E-state index in [9.17, 15) is 4.79 Å². The Bertz CT molecular complexity index is 1000. The molecular weight excluding hydrogens is 374 g/mol. The minimum atomic E-state index is -0.445. The molecule has 28 heavy (non-hydrogen) atoms. The van der Waals surface area contributed by atoms with Crippen LogP contribution in [0.4, 0.5) is 0 Å². The van der Waals surface area contributed by atoms with Crippen molar-refractivity contribution in [2.45, 2.75) is 6.92 Å². The summed E-state index contributed by atoms with van der Waals surface area (Å²) in [6.07, 6.45) is 1.69. The summed E-state index contributed by atoms with van der Waals surface area (Å²) in [4.78, 5) is 16.6. The average molecular weight is 394 g/mol. The van der Waals surface area contributed by atoms with Gasteiger partial charge < -0.3 is 9.47 Å². The van der Waals surface area contributed by atoms with Gasteiger partial charge in [0.25, 0.3) is 0 Å². The lowest BCUT2D eigenvalue weighted by atomic mass is 9.96. The third-order valence-corrected chi connectivity index (χ3v) is 4.26. The fourth-order valence-corrected chi connectivity index (χ4v) is 3.00. The van der Waals surface area contributed by atoms with Crippen molar-refractivity contribution in [1.82, 2.24) is 4.98 Å². The van der Waals surface area contributed by atoms with E-state index in [1.54, 1.807) is 31.2 Å². The van der Waals surface area contributed by atoms with Crippen molar-refractivity contribution in [3.8, 4) is 28.1 Å². The fraction of sp³-hybridized carbons (Fsp3) is 0.130. The molecular formula is C23H20ClNO3. The first kappa shape index (κ1) is 19.6. The molecule has 3 aromatic rings. The van der Waals surface area contributed by atoms with Gasteiger partial charge in [0.2, 0.25) is 0 Å². The van der Waals surface area contributed by atoms with E-state index >= 15 is 0 Å². The number of carbonyl (C=O) groups is 1. The highest BCUT2D eigenvalue weighted by Crippen LogP contribution is 2.38. The minimum Gasteiger partial charge on any atom is -0.489 e. The highest BCUT2D eigenvalue weighted by molar-refractivity contribution is 6.31. The summed E-state index contributed by atoms with van der Waals surface area (Å²) < 4.78 is 10.9. The Hall–Kier alpha value is -3.11. The summed E-state index contributed by atoms with van der Waals surface area (Å²) in [6.45, 7) is 6.14. The average Bonchev–Trinajstić information content (AvgIpc) is 2.73. The smallest absolute Gasteiger partial charge is 0.356 e. The lowest BCUT2D eigenvalue weighted by molar-refractivity contribution is 0.0519. The van der Waals surface area contributed by atoms with Crippen LogP contribution in [0.5, 0.6) is 5.75 Å². The van der Waals surface area contributed by atoms with Crippen LogP contribution in [0.3, 0.4) is 0 Å². The summed E-state index contributed by atoms with van der Waals surface area (Å²) in [5.74, 6) is 0.248. The van der Waals surface area contributed by atoms with Gasteiger partial charge in [-0.05, 0) is 42.8 Å². The van der Waals surface area contributed by atoms with E-state index in [0.717, 1.165) is 16.7 Å². The molecule has 0 spiro atoms. The molecule has 1 aromatic heterocycles. The summed E-state index contributed by atoms with van der Waals surface area (Å²) >= 11 is 6.25. The molecule has 5 heteroatoms. The Kier molecular flexibility index (Phi) is 6.45. The van der Waals surface area contributed by atoms with Crippen LogP contribution in [0, 0.1) is 0 Å². The zero-order chi connectivity index (χ0) is 19.9. The predicted octanol–water partition coefficient (Wildman–Crippen LogP) is 5.81. The Morgan fingerprint density at radius 3 is 2.61 bits per heavy atom. The number of rotatable bonds is 7. The number of esters is 1. The van der Waals surface area contributed by atoms with Crippen LogP contribution in [-0.4, -0.2) is 24.2 Å². The van der Waals surface area contributed by atoms with Crippen LogP contribution in [0.25, 0.3) is 22.4 Å². The highest BCUT2D eigenvalue weighted by Gasteiger charge is 2.15. The van der Waals surface area contributed by atoms with Gasteiger partial charge in [-0.3, -0.25) is 0 Å². The molecule has 1 heterocycles. The molecule has 0 unspecified atom stereocenters. The number of hydrogen-bond acceptors (Lipinski definition) is 4. The third-order valence-electron chi connectivity index (χ3n) is 4.03. The van der Waals surface area contributed by atoms with Crippen LogP contribution in [0.2, 0.25) is 5.02 Å². The predicted molar refractivity (Wildman–Crippen MR) is 112 cm³/mol. The Morgan fingerprint density at radius 1 is 1.07 bits per heavy atom. The van der Waals surface area contributed by atoms with Gasteiger partial charge in [-0.2, -0.15) is 0 Å². The topological polar surface area (TPSA) is 48.4 Å². The molecule has 142 valence electrons. The second-order valence-corrected chi connectivity index (χ2v) is 6.35. The number of benzene rings is 2. The largest absolute Gasteiger partial charge is 0.489 e. The number of halogens is 1. The monoisotopic (exact) mass is 393 g/mol. The minimum absolute atomic E-state index is 0.267. The summed E-state index contributed by atoms with van der Waals surface area (Å²) in [6, 6.07) is 18.5. The number of nitrogens with zero attached hydrogens (tertiary/aromatic N) is 1. The van der Waals surface area contributed by atoms with Gasteiger partial charge in [0.05, 0.1) is 12.3 Å². The van der Waals surface area contributed by atoms with E-state index in [-0.39, 0.29) is 5.69 Å². The maximum absolute atomic E-state index is 12.1. The molecule has 0 radical (unpaired) electrons. The van der Waals surface area contributed by atoms with E-state index in [1.807, 2.05) is 42.5 Å². The SMILES string of the molecule is C=CCOc1ccc(Cl)cc1-c1ccccc1-c1cccc(C(=O)OCC)n1. The molecule has 0 saturated carbocycles. The zero-order valence-electron chi connectivity index (χ0n) is 15.5.